The molecular weight excluding hydrogens is 589 g/mol. The van der Waals surface area contributed by atoms with Crippen LogP contribution in [0.1, 0.15) is 49.7 Å². The Morgan fingerprint density at radius 3 is 2.40 bits per heavy atom. The molecule has 0 saturated heterocycles. The van der Waals surface area contributed by atoms with Crippen LogP contribution in [0.15, 0.2) is 60.5 Å². The van der Waals surface area contributed by atoms with Crippen LogP contribution in [0.2, 0.25) is 0 Å². The molecule has 2 aromatic carbocycles. The van der Waals surface area contributed by atoms with Crippen LogP contribution in [0.3, 0.4) is 0 Å². The number of ether oxygens (including phenoxy) is 1. The number of phosphoric ester groups is 1. The number of hydrogen-bond donors (Lipinski definition) is 3. The van der Waals surface area contributed by atoms with Crippen molar-refractivity contribution >= 4 is 19.2 Å². The first-order valence-electron chi connectivity index (χ1n) is 12.5. The van der Waals surface area contributed by atoms with Crippen LogP contribution in [0.5, 0.6) is 0 Å². The van der Waals surface area contributed by atoms with E-state index in [1.807, 2.05) is 20.8 Å². The number of nitriles is 1. The second kappa shape index (κ2) is 13.7. The van der Waals surface area contributed by atoms with Gasteiger partial charge in [-0.25, -0.2) is 28.0 Å². The zero-order valence-corrected chi connectivity index (χ0v) is 25.0. The minimum Gasteiger partial charge on any atom is -0.341 e. The zero-order chi connectivity index (χ0) is 31.1. The molecule has 2 heterocycles. The topological polar surface area (TPSA) is 169 Å². The zero-order valence-electron chi connectivity index (χ0n) is 23.3. The van der Waals surface area contributed by atoms with E-state index in [0.29, 0.717) is 22.3 Å². The van der Waals surface area contributed by atoms with Crippen molar-refractivity contribution in [2.24, 2.45) is 5.73 Å². The van der Waals surface area contributed by atoms with Gasteiger partial charge >= 0.3 is 7.82 Å². The van der Waals surface area contributed by atoms with Gasteiger partial charge in [0.2, 0.25) is 0 Å². The van der Waals surface area contributed by atoms with Gasteiger partial charge in [0, 0.05) is 34.0 Å². The van der Waals surface area contributed by atoms with Crippen LogP contribution >= 0.6 is 19.2 Å². The molecule has 0 unspecified atom stereocenters. The van der Waals surface area contributed by atoms with Gasteiger partial charge in [-0.3, -0.25) is 4.52 Å². The summed E-state index contributed by atoms with van der Waals surface area (Å²) >= 11 is 1.25. The van der Waals surface area contributed by atoms with Gasteiger partial charge in [-0.05, 0) is 39.0 Å². The van der Waals surface area contributed by atoms with E-state index in [0.717, 1.165) is 11.6 Å². The largest absolute Gasteiger partial charge is 0.471 e. The third-order valence-electron chi connectivity index (χ3n) is 5.69. The fourth-order valence-electron chi connectivity index (χ4n) is 3.83. The van der Waals surface area contributed by atoms with Gasteiger partial charge in [0.05, 0.1) is 28.9 Å². The summed E-state index contributed by atoms with van der Waals surface area (Å²) in [5.74, 6) is -2.51. The lowest BCUT2D eigenvalue weighted by molar-refractivity contribution is -0.140. The Balaban J connectivity index is 0.000000892. The van der Waals surface area contributed by atoms with Crippen LogP contribution < -0.4 is 5.73 Å². The molecular formula is C27H31F2N6O5PS. The Labute approximate surface area is 245 Å². The molecule has 0 bridgehead atoms. The third-order valence-corrected chi connectivity index (χ3v) is 7.16. The van der Waals surface area contributed by atoms with E-state index in [-0.39, 0.29) is 17.6 Å². The molecule has 224 valence electrons. The molecule has 11 nitrogen and oxygen atoms in total. The Kier molecular flexibility index (Phi) is 10.8. The van der Waals surface area contributed by atoms with E-state index in [1.54, 1.807) is 36.6 Å². The summed E-state index contributed by atoms with van der Waals surface area (Å²) in [4.78, 5) is 26.9. The molecule has 0 amide bonds. The van der Waals surface area contributed by atoms with Crippen molar-refractivity contribution in [1.29, 1.82) is 5.26 Å². The average molecular weight is 621 g/mol. The van der Waals surface area contributed by atoms with E-state index >= 15 is 4.39 Å². The third kappa shape index (κ3) is 9.30. The minimum absolute atomic E-state index is 0. The Morgan fingerprint density at radius 2 is 1.86 bits per heavy atom. The van der Waals surface area contributed by atoms with Gasteiger partial charge in [-0.2, -0.15) is 10.4 Å². The van der Waals surface area contributed by atoms with Crippen molar-refractivity contribution in [2.45, 2.75) is 51.3 Å². The minimum atomic E-state index is -4.93. The normalized spacial score (nSPS) is 13.9. The quantitative estimate of drug-likeness (QED) is 0.161. The molecule has 0 aliphatic heterocycles. The second-order valence-corrected chi connectivity index (χ2v) is 12.5. The first-order chi connectivity index (χ1) is 19.6. The predicted octanol–water partition coefficient (Wildman–Crippen LogP) is 5.08. The van der Waals surface area contributed by atoms with Crippen molar-refractivity contribution in [3.05, 3.63) is 88.3 Å². The molecule has 2 atom stereocenters. The van der Waals surface area contributed by atoms with Crippen molar-refractivity contribution in [3.63, 3.8) is 0 Å². The smallest absolute Gasteiger partial charge is 0.341 e. The van der Waals surface area contributed by atoms with E-state index < -0.39 is 37.8 Å². The molecule has 0 saturated carbocycles. The maximum atomic E-state index is 15.2. The summed E-state index contributed by atoms with van der Waals surface area (Å²) in [5, 5.41) is 15.4. The number of phosphoric acid groups is 1. The van der Waals surface area contributed by atoms with Gasteiger partial charge in [-0.15, -0.1) is 11.3 Å². The fraction of sp³-hybridized carbons (Fsp3) is 0.333. The molecule has 0 fully saturated rings. The van der Waals surface area contributed by atoms with Crippen molar-refractivity contribution in [1.82, 2.24) is 19.7 Å². The van der Waals surface area contributed by atoms with Crippen molar-refractivity contribution in [2.75, 3.05) is 6.79 Å². The van der Waals surface area contributed by atoms with Crippen molar-refractivity contribution in [3.8, 4) is 17.3 Å². The van der Waals surface area contributed by atoms with Crippen molar-refractivity contribution < 1.29 is 32.4 Å². The monoisotopic (exact) mass is 620 g/mol. The maximum Gasteiger partial charge on any atom is 0.471 e. The number of nitrogens with zero attached hydrogens (tertiary/aromatic N) is 5. The number of benzene rings is 2. The molecule has 2 aromatic heterocycles. The molecule has 4 aromatic rings. The number of hydrogen-bond acceptors (Lipinski definition) is 9. The molecule has 0 aliphatic rings. The highest BCUT2D eigenvalue weighted by atomic mass is 32.1. The lowest BCUT2D eigenvalue weighted by Crippen LogP contribution is -2.41. The Morgan fingerprint density at radius 1 is 1.19 bits per heavy atom. The number of halogens is 2. The van der Waals surface area contributed by atoms with E-state index in [2.05, 4.69) is 25.7 Å². The van der Waals surface area contributed by atoms with Gasteiger partial charge in [0.1, 0.15) is 29.9 Å². The Hall–Kier alpha value is -3.41. The molecule has 0 radical (unpaired) electrons. The standard InChI is InChI=1S/C23H20F2N5O5PS.C4H11N/c1-15(22-29-21(10-37-22)17-4-2-16(9-26)3-5-17)23(11-30-13-27-12-28-30,34-14-35-36(31,32)33)19-7-6-18(24)8-20(19)25;1-4(2,3)5/h2-8,10,12-13,15H,11,14H2,1H3,(H2,31,32,33);5H2,1-3H3/t15-,23+;/m0./s1. The molecule has 15 heteroatoms. The molecule has 0 spiro atoms. The SMILES string of the molecule is CC(C)(C)N.C[C@@H](c1nc(-c2ccc(C#N)cc2)cs1)[C@@](Cn1cncn1)(OCOP(=O)(O)O)c1ccc(F)cc1F. The van der Waals surface area contributed by atoms with E-state index in [4.69, 9.17) is 15.7 Å². The highest BCUT2D eigenvalue weighted by Crippen LogP contribution is 2.46. The maximum absolute atomic E-state index is 15.2. The van der Waals surface area contributed by atoms with Gasteiger partial charge in [0.25, 0.3) is 0 Å². The average Bonchev–Trinajstić information content (AvgIpc) is 3.59. The number of nitrogens with two attached hydrogens (primary N) is 1. The van der Waals surface area contributed by atoms with Gasteiger partial charge in [0.15, 0.2) is 6.79 Å². The Bertz CT molecular complexity index is 1540. The summed E-state index contributed by atoms with van der Waals surface area (Å²) in [5.41, 5.74) is 5.38. The summed E-state index contributed by atoms with van der Waals surface area (Å²) in [7, 11) is -4.93. The van der Waals surface area contributed by atoms with E-state index in [1.165, 1.54) is 34.7 Å². The van der Waals surface area contributed by atoms with Gasteiger partial charge in [-0.1, -0.05) is 25.1 Å². The van der Waals surface area contributed by atoms with E-state index in [9.17, 15) is 18.7 Å². The number of rotatable bonds is 10. The highest BCUT2D eigenvalue weighted by molar-refractivity contribution is 7.46. The first-order valence-corrected chi connectivity index (χ1v) is 14.9. The van der Waals surface area contributed by atoms with Crippen LogP contribution in [0.25, 0.3) is 11.3 Å². The first kappa shape index (κ1) is 33.1. The number of aromatic nitrogens is 4. The molecule has 4 rings (SSSR count). The van der Waals surface area contributed by atoms with Crippen LogP contribution in [0, 0.1) is 23.0 Å². The second-order valence-electron chi connectivity index (χ2n) is 10.3. The lowest BCUT2D eigenvalue weighted by atomic mass is 9.81. The predicted molar refractivity (Wildman–Crippen MR) is 152 cm³/mol. The molecule has 42 heavy (non-hydrogen) atoms. The molecule has 0 aliphatic carbocycles. The summed E-state index contributed by atoms with van der Waals surface area (Å²) in [6.07, 6.45) is 2.62. The fourth-order valence-corrected chi connectivity index (χ4v) is 4.98. The highest BCUT2D eigenvalue weighted by Gasteiger charge is 2.45. The van der Waals surface area contributed by atoms with Crippen LogP contribution in [-0.4, -0.2) is 41.9 Å². The van der Waals surface area contributed by atoms with Crippen LogP contribution in [0.4, 0.5) is 8.78 Å². The molecule has 4 N–H and O–H groups in total. The number of thiazole rings is 1. The summed E-state index contributed by atoms with van der Waals surface area (Å²) < 4.78 is 52.2. The van der Waals surface area contributed by atoms with Gasteiger partial charge < -0.3 is 20.3 Å². The van der Waals surface area contributed by atoms with Crippen LogP contribution in [-0.2, 0) is 26.0 Å². The lowest BCUT2D eigenvalue weighted by Gasteiger charge is -2.38. The summed E-state index contributed by atoms with van der Waals surface area (Å²) in [6, 6.07) is 11.8. The summed E-state index contributed by atoms with van der Waals surface area (Å²) in [6.45, 7) is 6.51.